The van der Waals surface area contributed by atoms with Gasteiger partial charge in [-0.2, -0.15) is 0 Å². The van der Waals surface area contributed by atoms with Crippen LogP contribution in [-0.4, -0.2) is 15.9 Å². The molecule has 0 aromatic heterocycles. The summed E-state index contributed by atoms with van der Waals surface area (Å²) < 4.78 is 11.4. The molecule has 1 aliphatic heterocycles. The minimum atomic E-state index is -1.46. The molecule has 1 aromatic rings. The van der Waals surface area contributed by atoms with E-state index in [2.05, 4.69) is 0 Å². The summed E-state index contributed by atoms with van der Waals surface area (Å²) in [4.78, 5) is 0. The van der Waals surface area contributed by atoms with Crippen LogP contribution >= 0.6 is 0 Å². The number of anilines is 1. The summed E-state index contributed by atoms with van der Waals surface area (Å²) in [5, 5.41) is 0. The predicted molar refractivity (Wildman–Crippen MR) is 58.6 cm³/mol. The summed E-state index contributed by atoms with van der Waals surface area (Å²) in [7, 11) is -1.46. The number of benzene rings is 1. The van der Waals surface area contributed by atoms with Gasteiger partial charge in [-0.15, -0.1) is 0 Å². The lowest BCUT2D eigenvalue weighted by atomic mass is 10.3. The zero-order chi connectivity index (χ0) is 9.80. The van der Waals surface area contributed by atoms with E-state index in [4.69, 9.17) is 14.6 Å². The molecule has 3 nitrogen and oxygen atoms in total. The fraction of sp³-hybridized carbons (Fsp3) is 0.400. The molecule has 0 amide bonds. The Balaban J connectivity index is 1.99. The molecule has 0 saturated carbocycles. The van der Waals surface area contributed by atoms with Gasteiger partial charge >= 0.3 is 9.28 Å². The number of hydrogen-bond acceptors (Lipinski definition) is 3. The van der Waals surface area contributed by atoms with E-state index in [1.54, 1.807) is 0 Å². The highest BCUT2D eigenvalue weighted by molar-refractivity contribution is 6.45. The normalized spacial score (nSPS) is 21.9. The largest absolute Gasteiger partial charge is 0.521 e. The maximum atomic E-state index is 5.78. The van der Waals surface area contributed by atoms with Crippen LogP contribution in [0.1, 0.15) is 12.8 Å². The van der Waals surface area contributed by atoms with Crippen molar-refractivity contribution in [2.24, 2.45) is 0 Å². The van der Waals surface area contributed by atoms with Gasteiger partial charge in [0.05, 0.1) is 5.69 Å². The molecule has 0 aliphatic carbocycles. The zero-order valence-electron chi connectivity index (χ0n) is 8.11. The molecule has 0 radical (unpaired) electrons. The van der Waals surface area contributed by atoms with Crippen LogP contribution in [0.5, 0.6) is 5.75 Å². The first-order valence-electron chi connectivity index (χ1n) is 4.99. The minimum Gasteiger partial charge on any atom is -0.521 e. The van der Waals surface area contributed by atoms with Crippen molar-refractivity contribution >= 4 is 15.0 Å². The average Bonchev–Trinajstić information content (AvgIpc) is 2.23. The SMILES string of the molecule is Nc1ccccc1O[SiH]1CCCCO1. The molecule has 2 rings (SSSR count). The Bertz CT molecular complexity index is 300. The lowest BCUT2D eigenvalue weighted by Crippen LogP contribution is -2.30. The summed E-state index contributed by atoms with van der Waals surface area (Å²) in [6, 6.07) is 8.69. The molecule has 14 heavy (non-hydrogen) atoms. The van der Waals surface area contributed by atoms with Gasteiger partial charge < -0.3 is 14.6 Å². The van der Waals surface area contributed by atoms with Gasteiger partial charge in [-0.25, -0.2) is 0 Å². The van der Waals surface area contributed by atoms with Crippen molar-refractivity contribution in [2.75, 3.05) is 12.3 Å². The first-order chi connectivity index (χ1) is 6.86. The maximum Gasteiger partial charge on any atom is 0.382 e. The van der Waals surface area contributed by atoms with Gasteiger partial charge in [0.2, 0.25) is 0 Å². The Morgan fingerprint density at radius 2 is 2.14 bits per heavy atom. The molecule has 1 fully saturated rings. The van der Waals surface area contributed by atoms with Crippen molar-refractivity contribution in [2.45, 2.75) is 18.9 Å². The standard InChI is InChI=1S/C10H15NO2Si/c11-9-5-1-2-6-10(9)13-14-8-4-3-7-12-14/h1-2,5-6,14H,3-4,7-8,11H2. The number of nitrogens with two attached hydrogens (primary N) is 1. The molecule has 1 aromatic carbocycles. The molecule has 1 atom stereocenters. The second-order valence-corrected chi connectivity index (χ2v) is 5.46. The van der Waals surface area contributed by atoms with E-state index in [1.807, 2.05) is 24.3 Å². The smallest absolute Gasteiger partial charge is 0.382 e. The van der Waals surface area contributed by atoms with Crippen LogP contribution in [0.15, 0.2) is 24.3 Å². The van der Waals surface area contributed by atoms with E-state index >= 15 is 0 Å². The molecule has 1 heterocycles. The van der Waals surface area contributed by atoms with Gasteiger partial charge in [-0.1, -0.05) is 12.1 Å². The van der Waals surface area contributed by atoms with Gasteiger partial charge in [0.15, 0.2) is 0 Å². The highest BCUT2D eigenvalue weighted by Crippen LogP contribution is 2.23. The van der Waals surface area contributed by atoms with Gasteiger partial charge in [0, 0.05) is 6.61 Å². The monoisotopic (exact) mass is 209 g/mol. The Hall–Kier alpha value is -1.00. The molecular formula is C10H15NO2Si. The first kappa shape index (κ1) is 9.55. The van der Waals surface area contributed by atoms with E-state index in [9.17, 15) is 0 Å². The van der Waals surface area contributed by atoms with E-state index in [0.717, 1.165) is 24.8 Å². The van der Waals surface area contributed by atoms with Crippen LogP contribution in [-0.2, 0) is 4.43 Å². The topological polar surface area (TPSA) is 44.5 Å². The van der Waals surface area contributed by atoms with Crippen LogP contribution in [0.2, 0.25) is 6.04 Å². The van der Waals surface area contributed by atoms with Gasteiger partial charge in [0.1, 0.15) is 5.75 Å². The van der Waals surface area contributed by atoms with Crippen LogP contribution in [0.25, 0.3) is 0 Å². The molecular weight excluding hydrogens is 194 g/mol. The first-order valence-corrected chi connectivity index (χ1v) is 6.75. The fourth-order valence-electron chi connectivity index (χ4n) is 1.53. The average molecular weight is 209 g/mol. The fourth-order valence-corrected chi connectivity index (χ4v) is 3.44. The predicted octanol–water partition coefficient (Wildman–Crippen LogP) is 1.68. The van der Waals surface area contributed by atoms with Crippen molar-refractivity contribution in [1.29, 1.82) is 0 Å². The highest BCUT2D eigenvalue weighted by Gasteiger charge is 2.19. The van der Waals surface area contributed by atoms with Gasteiger partial charge in [-0.3, -0.25) is 0 Å². The third-order valence-corrected chi connectivity index (χ3v) is 4.32. The quantitative estimate of drug-likeness (QED) is 0.595. The van der Waals surface area contributed by atoms with Crippen LogP contribution in [0, 0.1) is 0 Å². The Morgan fingerprint density at radius 1 is 1.29 bits per heavy atom. The Labute approximate surface area is 85.7 Å². The molecule has 0 bridgehead atoms. The summed E-state index contributed by atoms with van der Waals surface area (Å²) in [6.45, 7) is 0.851. The minimum absolute atomic E-state index is 0.703. The van der Waals surface area contributed by atoms with Crippen LogP contribution < -0.4 is 10.2 Å². The molecule has 0 spiro atoms. The number of rotatable bonds is 2. The van der Waals surface area contributed by atoms with E-state index < -0.39 is 9.28 Å². The number of para-hydroxylation sites is 2. The second-order valence-electron chi connectivity index (χ2n) is 3.45. The lowest BCUT2D eigenvalue weighted by molar-refractivity contribution is 0.237. The Kier molecular flexibility index (Phi) is 3.05. The third kappa shape index (κ3) is 2.27. The summed E-state index contributed by atoms with van der Waals surface area (Å²) in [5.41, 5.74) is 6.48. The maximum absolute atomic E-state index is 5.78. The third-order valence-electron chi connectivity index (χ3n) is 2.32. The van der Waals surface area contributed by atoms with Crippen LogP contribution in [0.3, 0.4) is 0 Å². The van der Waals surface area contributed by atoms with Crippen molar-refractivity contribution in [3.63, 3.8) is 0 Å². The summed E-state index contributed by atoms with van der Waals surface area (Å²) in [5.74, 6) is 0.783. The van der Waals surface area contributed by atoms with E-state index in [-0.39, 0.29) is 0 Å². The number of nitrogen functional groups attached to an aromatic ring is 1. The highest BCUT2D eigenvalue weighted by atomic mass is 28.3. The van der Waals surface area contributed by atoms with Crippen molar-refractivity contribution in [3.05, 3.63) is 24.3 Å². The zero-order valence-corrected chi connectivity index (χ0v) is 9.26. The van der Waals surface area contributed by atoms with E-state index in [1.165, 1.54) is 6.42 Å². The number of hydrogen-bond donors (Lipinski definition) is 1. The van der Waals surface area contributed by atoms with Crippen molar-refractivity contribution in [3.8, 4) is 5.75 Å². The molecule has 1 unspecified atom stereocenters. The molecule has 1 aliphatic rings. The van der Waals surface area contributed by atoms with Gasteiger partial charge in [0.25, 0.3) is 0 Å². The summed E-state index contributed by atoms with van der Waals surface area (Å²) in [6.07, 6.45) is 2.39. The molecule has 76 valence electrons. The van der Waals surface area contributed by atoms with Gasteiger partial charge in [-0.05, 0) is 31.0 Å². The van der Waals surface area contributed by atoms with Crippen LogP contribution in [0.4, 0.5) is 5.69 Å². The summed E-state index contributed by atoms with van der Waals surface area (Å²) >= 11 is 0. The molecule has 4 heteroatoms. The second kappa shape index (κ2) is 4.48. The molecule has 1 saturated heterocycles. The molecule has 2 N–H and O–H groups in total. The van der Waals surface area contributed by atoms with Crippen molar-refractivity contribution < 1.29 is 8.85 Å². The van der Waals surface area contributed by atoms with E-state index in [0.29, 0.717) is 5.69 Å². The Morgan fingerprint density at radius 3 is 2.86 bits per heavy atom. The van der Waals surface area contributed by atoms with Crippen molar-refractivity contribution in [1.82, 2.24) is 0 Å². The lowest BCUT2D eigenvalue weighted by Gasteiger charge is -2.22.